The van der Waals surface area contributed by atoms with Crippen LogP contribution in [0.3, 0.4) is 0 Å². The van der Waals surface area contributed by atoms with Gasteiger partial charge >= 0.3 is 0 Å². The quantitative estimate of drug-likeness (QED) is 0.432. The van der Waals surface area contributed by atoms with Gasteiger partial charge in [0.05, 0.1) is 4.91 Å². The molecule has 4 saturated carbocycles. The third kappa shape index (κ3) is 2.75. The van der Waals surface area contributed by atoms with E-state index in [0.29, 0.717) is 17.9 Å². The number of H-pyrrole nitrogens is 1. The highest BCUT2D eigenvalue weighted by Gasteiger charge is 2.53. The smallest absolute Gasteiger partial charge is 0.266 e. The number of thioether (sulfide) groups is 1. The van der Waals surface area contributed by atoms with Crippen molar-refractivity contribution in [2.75, 3.05) is 0 Å². The van der Waals surface area contributed by atoms with Crippen molar-refractivity contribution < 1.29 is 4.79 Å². The van der Waals surface area contributed by atoms with Gasteiger partial charge in [0.1, 0.15) is 4.32 Å². The van der Waals surface area contributed by atoms with E-state index in [1.165, 1.54) is 43.9 Å². The van der Waals surface area contributed by atoms with Gasteiger partial charge in [0, 0.05) is 27.1 Å². The van der Waals surface area contributed by atoms with E-state index in [9.17, 15) is 4.79 Å². The number of aromatic amines is 1. The summed E-state index contributed by atoms with van der Waals surface area (Å²) < 4.78 is 1.81. The molecular formula is C22H21BrN2OS2. The lowest BCUT2D eigenvalue weighted by molar-refractivity contribution is -0.130. The van der Waals surface area contributed by atoms with Crippen LogP contribution in [0.15, 0.2) is 33.6 Å². The van der Waals surface area contributed by atoms with Gasteiger partial charge in [0.2, 0.25) is 0 Å². The first-order chi connectivity index (χ1) is 13.5. The highest BCUT2D eigenvalue weighted by atomic mass is 79.9. The minimum atomic E-state index is 0.118. The Morgan fingerprint density at radius 1 is 1.11 bits per heavy atom. The lowest BCUT2D eigenvalue weighted by Crippen LogP contribution is -2.57. The molecule has 0 unspecified atom stereocenters. The molecular weight excluding hydrogens is 452 g/mol. The Hall–Kier alpha value is -1.11. The van der Waals surface area contributed by atoms with E-state index in [1.54, 1.807) is 0 Å². The van der Waals surface area contributed by atoms with E-state index in [2.05, 4.69) is 39.1 Å². The fourth-order valence-electron chi connectivity index (χ4n) is 6.40. The largest absolute Gasteiger partial charge is 0.355 e. The number of nitrogens with one attached hydrogen (secondary N) is 1. The van der Waals surface area contributed by atoms with E-state index >= 15 is 0 Å². The van der Waals surface area contributed by atoms with Crippen LogP contribution in [0.2, 0.25) is 0 Å². The third-order valence-corrected chi connectivity index (χ3v) is 9.01. The molecule has 144 valence electrons. The van der Waals surface area contributed by atoms with Crippen molar-refractivity contribution in [1.29, 1.82) is 0 Å². The molecule has 4 bridgehead atoms. The van der Waals surface area contributed by atoms with Crippen LogP contribution in [-0.4, -0.2) is 26.2 Å². The van der Waals surface area contributed by atoms with Crippen molar-refractivity contribution in [3.05, 3.63) is 39.3 Å². The number of halogens is 1. The maximum atomic E-state index is 13.3. The fourth-order valence-corrected chi connectivity index (χ4v) is 8.12. The third-order valence-electron chi connectivity index (χ3n) is 7.19. The van der Waals surface area contributed by atoms with Gasteiger partial charge in [0.25, 0.3) is 5.91 Å². The number of aromatic nitrogens is 1. The number of rotatable bonds is 2. The molecule has 5 aliphatic rings. The molecule has 1 aliphatic heterocycles. The van der Waals surface area contributed by atoms with Crippen LogP contribution in [0.4, 0.5) is 0 Å². The van der Waals surface area contributed by atoms with Crippen molar-refractivity contribution in [1.82, 2.24) is 9.88 Å². The number of nitrogens with zero attached hydrogens (tertiary/aromatic N) is 1. The van der Waals surface area contributed by atoms with Gasteiger partial charge in [-0.2, -0.15) is 0 Å². The number of hydrogen-bond acceptors (Lipinski definition) is 3. The van der Waals surface area contributed by atoms with E-state index in [1.807, 2.05) is 17.0 Å². The number of hydrogen-bond donors (Lipinski definition) is 1. The lowest BCUT2D eigenvalue weighted by Gasteiger charge is -2.56. The Bertz CT molecular complexity index is 1010. The van der Waals surface area contributed by atoms with Crippen LogP contribution >= 0.6 is 39.9 Å². The average Bonchev–Trinajstić information content (AvgIpc) is 3.15. The first-order valence-corrected chi connectivity index (χ1v) is 12.1. The van der Waals surface area contributed by atoms with Gasteiger partial charge in [0.15, 0.2) is 0 Å². The second-order valence-electron chi connectivity index (χ2n) is 8.93. The second kappa shape index (κ2) is 6.44. The Balaban J connectivity index is 1.31. The molecule has 0 atom stereocenters. The summed E-state index contributed by atoms with van der Waals surface area (Å²) in [5.74, 6) is 3.23. The molecule has 28 heavy (non-hydrogen) atoms. The maximum Gasteiger partial charge on any atom is 0.266 e. The van der Waals surface area contributed by atoms with E-state index < -0.39 is 0 Å². The van der Waals surface area contributed by atoms with Gasteiger partial charge < -0.3 is 4.98 Å². The summed E-state index contributed by atoms with van der Waals surface area (Å²) in [6.07, 6.45) is 8.59. The minimum Gasteiger partial charge on any atom is -0.355 e. The Kier molecular flexibility index (Phi) is 4.08. The van der Waals surface area contributed by atoms with Crippen molar-refractivity contribution in [2.45, 2.75) is 38.1 Å². The summed E-state index contributed by atoms with van der Waals surface area (Å²) in [5.41, 5.74) is 2.03. The van der Waals surface area contributed by atoms with Crippen molar-refractivity contribution in [3.63, 3.8) is 0 Å². The number of amides is 1. The zero-order chi connectivity index (χ0) is 19.0. The van der Waals surface area contributed by atoms with Crippen LogP contribution in [-0.2, 0) is 4.79 Å². The minimum absolute atomic E-state index is 0.118. The molecule has 7 rings (SSSR count). The summed E-state index contributed by atoms with van der Waals surface area (Å²) in [6, 6.07) is 8.59. The maximum absolute atomic E-state index is 13.3. The first-order valence-electron chi connectivity index (χ1n) is 10.1. The molecule has 3 nitrogen and oxygen atoms in total. The molecule has 2 aromatic rings. The first kappa shape index (κ1) is 17.7. The number of benzene rings is 1. The molecule has 1 saturated heterocycles. The van der Waals surface area contributed by atoms with Crippen molar-refractivity contribution in [2.24, 2.45) is 23.7 Å². The topological polar surface area (TPSA) is 36.1 Å². The van der Waals surface area contributed by atoms with Crippen molar-refractivity contribution in [3.8, 4) is 0 Å². The molecule has 1 N–H and O–H groups in total. The van der Waals surface area contributed by atoms with Gasteiger partial charge in [-0.25, -0.2) is 0 Å². The van der Waals surface area contributed by atoms with E-state index in [4.69, 9.17) is 12.2 Å². The van der Waals surface area contributed by atoms with Gasteiger partial charge in [-0.1, -0.05) is 39.9 Å². The molecule has 1 aromatic heterocycles. The fraction of sp³-hybridized carbons (Fsp3) is 0.455. The number of thiocarbonyl (C=S) groups is 1. The summed E-state index contributed by atoms with van der Waals surface area (Å²) in [7, 11) is 0. The summed E-state index contributed by atoms with van der Waals surface area (Å²) in [5, 5.41) is 1.14. The lowest BCUT2D eigenvalue weighted by atomic mass is 9.54. The van der Waals surface area contributed by atoms with Crippen LogP contribution in [0, 0.1) is 23.7 Å². The van der Waals surface area contributed by atoms with Gasteiger partial charge in [-0.05, 0) is 86.1 Å². The zero-order valence-electron chi connectivity index (χ0n) is 15.4. The Morgan fingerprint density at radius 3 is 2.54 bits per heavy atom. The summed E-state index contributed by atoms with van der Waals surface area (Å²) >= 11 is 10.7. The number of fused-ring (bicyclic) bond motifs is 1. The SMILES string of the molecule is O=C1C(=Cc2cc3cc(Br)ccc3[nH]2)SC(=S)N1C1C2CC3CC(C2)CC1C3. The van der Waals surface area contributed by atoms with Gasteiger partial charge in [-0.3, -0.25) is 9.69 Å². The Labute approximate surface area is 182 Å². The highest BCUT2D eigenvalue weighted by Crippen LogP contribution is 2.56. The van der Waals surface area contributed by atoms with E-state index in [0.717, 1.165) is 42.1 Å². The molecule has 0 spiro atoms. The molecule has 1 aromatic carbocycles. The number of carbonyl (C=O) groups is 1. The highest BCUT2D eigenvalue weighted by molar-refractivity contribution is 9.10. The van der Waals surface area contributed by atoms with Gasteiger partial charge in [-0.15, -0.1) is 0 Å². The zero-order valence-corrected chi connectivity index (χ0v) is 18.6. The standard InChI is InChI=1S/C22H21BrN2OS2/c23-16-1-2-18-13(8-16)9-17(24-18)10-19-21(26)25(22(27)28-19)20-14-4-11-3-12(6-14)7-15(20)5-11/h1-2,8-12,14-15,20,24H,3-7H2. The average molecular weight is 473 g/mol. The molecule has 0 radical (unpaired) electrons. The second-order valence-corrected chi connectivity index (χ2v) is 11.5. The predicted molar refractivity (Wildman–Crippen MR) is 122 cm³/mol. The van der Waals surface area contributed by atoms with Crippen LogP contribution < -0.4 is 0 Å². The molecule has 4 aliphatic carbocycles. The predicted octanol–water partition coefficient (Wildman–Crippen LogP) is 5.96. The van der Waals surface area contributed by atoms with Crippen LogP contribution in [0.5, 0.6) is 0 Å². The molecule has 6 heteroatoms. The summed E-state index contributed by atoms with van der Waals surface area (Å²) in [4.78, 5) is 19.5. The van der Waals surface area contributed by atoms with Crippen LogP contribution in [0.25, 0.3) is 17.0 Å². The molecule has 2 heterocycles. The Morgan fingerprint density at radius 2 is 1.82 bits per heavy atom. The molecule has 1 amide bonds. The van der Waals surface area contributed by atoms with E-state index in [-0.39, 0.29) is 5.91 Å². The van der Waals surface area contributed by atoms with Crippen LogP contribution in [0.1, 0.15) is 37.8 Å². The van der Waals surface area contributed by atoms with Crippen molar-refractivity contribution >= 4 is 67.1 Å². The monoisotopic (exact) mass is 472 g/mol. The normalized spacial score (nSPS) is 35.7. The number of carbonyl (C=O) groups excluding carboxylic acids is 1. The summed E-state index contributed by atoms with van der Waals surface area (Å²) in [6.45, 7) is 0. The molecule has 5 fully saturated rings.